The van der Waals surface area contributed by atoms with Gasteiger partial charge in [0.1, 0.15) is 5.54 Å². The molecule has 156 valence electrons. The SMILES string of the molecule is O=C(O)CC1(CCC(=O)N2CCN(c3cc(Cl)cc(Cl)c3)CC2)NC(=O)CC1=O. The van der Waals surface area contributed by atoms with Crippen LogP contribution in [0.25, 0.3) is 0 Å². The number of piperazine rings is 1. The van der Waals surface area contributed by atoms with Crippen LogP contribution in [0.1, 0.15) is 25.7 Å². The molecular weight excluding hydrogens is 421 g/mol. The van der Waals surface area contributed by atoms with Crippen molar-refractivity contribution in [1.82, 2.24) is 10.2 Å². The minimum Gasteiger partial charge on any atom is -0.481 e. The van der Waals surface area contributed by atoms with Crippen LogP contribution in [0.15, 0.2) is 18.2 Å². The maximum absolute atomic E-state index is 12.6. The van der Waals surface area contributed by atoms with E-state index in [1.807, 2.05) is 12.1 Å². The first kappa shape index (κ1) is 21.4. The Hall–Kier alpha value is -2.32. The van der Waals surface area contributed by atoms with Gasteiger partial charge in [0, 0.05) is 48.3 Å². The molecule has 8 nitrogen and oxygen atoms in total. The van der Waals surface area contributed by atoms with Crippen LogP contribution in [0.4, 0.5) is 5.69 Å². The average Bonchev–Trinajstić information content (AvgIpc) is 2.91. The second kappa shape index (κ2) is 8.59. The summed E-state index contributed by atoms with van der Waals surface area (Å²) in [7, 11) is 0. The Bertz CT molecular complexity index is 834. The van der Waals surface area contributed by atoms with Crippen molar-refractivity contribution in [3.8, 4) is 0 Å². The molecular formula is C19H21Cl2N3O5. The summed E-state index contributed by atoms with van der Waals surface area (Å²) >= 11 is 12.1. The minimum atomic E-state index is -1.49. The highest BCUT2D eigenvalue weighted by atomic mass is 35.5. The number of nitrogens with zero attached hydrogens (tertiary/aromatic N) is 2. The zero-order valence-electron chi connectivity index (χ0n) is 15.6. The molecule has 29 heavy (non-hydrogen) atoms. The third kappa shape index (κ3) is 5.00. The quantitative estimate of drug-likeness (QED) is 0.650. The van der Waals surface area contributed by atoms with Gasteiger partial charge in [-0.05, 0) is 24.6 Å². The first-order valence-corrected chi connectivity index (χ1v) is 9.99. The molecule has 2 amide bonds. The third-order valence-corrected chi connectivity index (χ3v) is 5.73. The van der Waals surface area contributed by atoms with E-state index in [0.717, 1.165) is 5.69 Å². The fourth-order valence-corrected chi connectivity index (χ4v) is 4.32. The molecule has 2 saturated heterocycles. The summed E-state index contributed by atoms with van der Waals surface area (Å²) in [5.74, 6) is -2.34. The lowest BCUT2D eigenvalue weighted by atomic mass is 9.86. The van der Waals surface area contributed by atoms with Crippen molar-refractivity contribution >= 4 is 52.5 Å². The first-order chi connectivity index (χ1) is 13.7. The Morgan fingerprint density at radius 2 is 1.69 bits per heavy atom. The summed E-state index contributed by atoms with van der Waals surface area (Å²) in [4.78, 5) is 51.3. The summed E-state index contributed by atoms with van der Waals surface area (Å²) in [5, 5.41) is 12.7. The number of rotatable bonds is 6. The van der Waals surface area contributed by atoms with Gasteiger partial charge < -0.3 is 20.2 Å². The van der Waals surface area contributed by atoms with Crippen LogP contribution in [0, 0.1) is 0 Å². The van der Waals surface area contributed by atoms with E-state index in [-0.39, 0.29) is 25.2 Å². The molecule has 0 aromatic heterocycles. The van der Waals surface area contributed by atoms with Gasteiger partial charge in [-0.3, -0.25) is 19.2 Å². The van der Waals surface area contributed by atoms with E-state index in [2.05, 4.69) is 10.2 Å². The highest BCUT2D eigenvalue weighted by Gasteiger charge is 2.47. The molecule has 0 aliphatic carbocycles. The topological polar surface area (TPSA) is 107 Å². The summed E-state index contributed by atoms with van der Waals surface area (Å²) in [6, 6.07) is 5.28. The van der Waals surface area contributed by atoms with Gasteiger partial charge in [0.05, 0.1) is 12.8 Å². The molecule has 1 atom stereocenters. The number of carbonyl (C=O) groups excluding carboxylic acids is 3. The Kier molecular flexibility index (Phi) is 6.33. The fraction of sp³-hybridized carbons (Fsp3) is 0.474. The van der Waals surface area contributed by atoms with Gasteiger partial charge in [0.2, 0.25) is 11.8 Å². The van der Waals surface area contributed by atoms with Crippen LogP contribution in [0.3, 0.4) is 0 Å². The third-order valence-electron chi connectivity index (χ3n) is 5.30. The lowest BCUT2D eigenvalue weighted by Gasteiger charge is -2.37. The standard InChI is InChI=1S/C19H21Cl2N3O5/c20-12-7-13(21)9-14(8-12)23-3-5-24(6-4-23)17(27)1-2-19(11-18(28)29)15(25)10-16(26)22-19/h7-9H,1-6,10-11H2,(H,22,26)(H,28,29). The molecule has 2 fully saturated rings. The lowest BCUT2D eigenvalue weighted by Crippen LogP contribution is -2.51. The molecule has 1 aromatic rings. The number of aliphatic carboxylic acids is 1. The molecule has 2 heterocycles. The lowest BCUT2D eigenvalue weighted by molar-refractivity contribution is -0.142. The van der Waals surface area contributed by atoms with Crippen molar-refractivity contribution in [2.45, 2.75) is 31.2 Å². The van der Waals surface area contributed by atoms with E-state index in [4.69, 9.17) is 28.3 Å². The number of nitrogens with one attached hydrogen (secondary N) is 1. The average molecular weight is 442 g/mol. The number of hydrogen-bond acceptors (Lipinski definition) is 5. The molecule has 0 saturated carbocycles. The summed E-state index contributed by atoms with van der Waals surface area (Å²) in [6.45, 7) is 2.15. The van der Waals surface area contributed by atoms with Gasteiger partial charge in [-0.25, -0.2) is 0 Å². The molecule has 1 aromatic carbocycles. The number of carboxylic acids is 1. The van der Waals surface area contributed by atoms with Gasteiger partial charge in [-0.15, -0.1) is 0 Å². The minimum absolute atomic E-state index is 0.0116. The van der Waals surface area contributed by atoms with Crippen LogP contribution in [-0.4, -0.2) is 65.3 Å². The van der Waals surface area contributed by atoms with Gasteiger partial charge in [0.15, 0.2) is 5.78 Å². The number of carboxylic acid groups (broad SMARTS) is 1. The molecule has 2 N–H and O–H groups in total. The zero-order valence-corrected chi connectivity index (χ0v) is 17.1. The summed E-state index contributed by atoms with van der Waals surface area (Å²) < 4.78 is 0. The Morgan fingerprint density at radius 3 is 2.21 bits per heavy atom. The Morgan fingerprint density at radius 1 is 1.07 bits per heavy atom. The van der Waals surface area contributed by atoms with E-state index in [0.29, 0.717) is 36.2 Å². The fourth-order valence-electron chi connectivity index (χ4n) is 3.80. The van der Waals surface area contributed by atoms with Crippen molar-refractivity contribution in [2.24, 2.45) is 0 Å². The predicted octanol–water partition coefficient (Wildman–Crippen LogP) is 1.72. The smallest absolute Gasteiger partial charge is 0.306 e. The largest absolute Gasteiger partial charge is 0.481 e. The molecule has 3 rings (SSSR count). The highest BCUT2D eigenvalue weighted by molar-refractivity contribution is 6.35. The summed E-state index contributed by atoms with van der Waals surface area (Å²) in [5.41, 5.74) is -0.605. The van der Waals surface area contributed by atoms with Crippen LogP contribution in [0.2, 0.25) is 10.0 Å². The van der Waals surface area contributed by atoms with Crippen molar-refractivity contribution in [2.75, 3.05) is 31.1 Å². The van der Waals surface area contributed by atoms with Crippen LogP contribution < -0.4 is 10.2 Å². The zero-order chi connectivity index (χ0) is 21.2. The molecule has 2 aliphatic rings. The second-order valence-electron chi connectivity index (χ2n) is 7.30. The van der Waals surface area contributed by atoms with Gasteiger partial charge in [0.25, 0.3) is 0 Å². The number of Topliss-reactive ketones (excluding diaryl/α,β-unsaturated/α-hetero) is 1. The normalized spacial score (nSPS) is 22.0. The van der Waals surface area contributed by atoms with Crippen molar-refractivity contribution in [1.29, 1.82) is 0 Å². The number of hydrogen-bond donors (Lipinski definition) is 2. The predicted molar refractivity (Wildman–Crippen MR) is 107 cm³/mol. The van der Waals surface area contributed by atoms with Gasteiger partial charge in [-0.1, -0.05) is 23.2 Å². The van der Waals surface area contributed by atoms with Crippen molar-refractivity contribution in [3.63, 3.8) is 0 Å². The van der Waals surface area contributed by atoms with Crippen LogP contribution >= 0.6 is 23.2 Å². The Balaban J connectivity index is 1.57. The summed E-state index contributed by atoms with van der Waals surface area (Å²) in [6.07, 6.45) is -0.897. The number of anilines is 1. The van der Waals surface area contributed by atoms with Gasteiger partial charge in [-0.2, -0.15) is 0 Å². The first-order valence-electron chi connectivity index (χ1n) is 9.23. The van der Waals surface area contributed by atoms with E-state index < -0.39 is 29.6 Å². The van der Waals surface area contributed by atoms with E-state index in [9.17, 15) is 19.2 Å². The molecule has 0 radical (unpaired) electrons. The van der Waals surface area contributed by atoms with Gasteiger partial charge >= 0.3 is 5.97 Å². The van der Waals surface area contributed by atoms with Crippen LogP contribution in [0.5, 0.6) is 0 Å². The van der Waals surface area contributed by atoms with Crippen LogP contribution in [-0.2, 0) is 19.2 Å². The number of amides is 2. The second-order valence-corrected chi connectivity index (χ2v) is 8.17. The molecule has 10 heteroatoms. The van der Waals surface area contributed by atoms with Crippen molar-refractivity contribution in [3.05, 3.63) is 28.2 Å². The Labute approximate surface area is 177 Å². The maximum atomic E-state index is 12.6. The highest BCUT2D eigenvalue weighted by Crippen LogP contribution is 2.28. The van der Waals surface area contributed by atoms with E-state index in [1.54, 1.807) is 11.0 Å². The van der Waals surface area contributed by atoms with E-state index >= 15 is 0 Å². The molecule has 0 bridgehead atoms. The van der Waals surface area contributed by atoms with E-state index in [1.165, 1.54) is 0 Å². The van der Waals surface area contributed by atoms with Crippen molar-refractivity contribution < 1.29 is 24.3 Å². The number of benzene rings is 1. The number of carbonyl (C=O) groups is 4. The monoisotopic (exact) mass is 441 g/mol. The maximum Gasteiger partial charge on any atom is 0.306 e. The number of ketones is 1. The number of halogens is 2. The molecule has 1 unspecified atom stereocenters. The molecule has 2 aliphatic heterocycles. The molecule has 0 spiro atoms.